The molecule has 4 nitrogen and oxygen atoms in total. The number of hydrogen-bond donors (Lipinski definition) is 2. The van der Waals surface area contributed by atoms with E-state index in [1.165, 1.54) is 12.8 Å². The van der Waals surface area contributed by atoms with Gasteiger partial charge in [0, 0.05) is 13.7 Å². The van der Waals surface area contributed by atoms with Crippen LogP contribution in [-0.2, 0) is 9.53 Å². The Morgan fingerprint density at radius 1 is 1.62 bits per heavy atom. The number of carbonyl (C=O) groups excluding carboxylic acids is 1. The average molecular weight is 228 g/mol. The highest BCUT2D eigenvalue weighted by atomic mass is 16.5. The maximum absolute atomic E-state index is 11.9. The van der Waals surface area contributed by atoms with Crippen LogP contribution < -0.4 is 10.6 Å². The van der Waals surface area contributed by atoms with Crippen LogP contribution in [0.15, 0.2) is 0 Å². The molecule has 1 saturated heterocycles. The zero-order valence-electron chi connectivity index (χ0n) is 10.6. The van der Waals surface area contributed by atoms with Crippen molar-refractivity contribution in [3.05, 3.63) is 0 Å². The zero-order chi connectivity index (χ0) is 12.0. The van der Waals surface area contributed by atoms with Gasteiger partial charge in [0.05, 0.1) is 0 Å². The molecule has 1 fully saturated rings. The van der Waals surface area contributed by atoms with Gasteiger partial charge in [-0.1, -0.05) is 6.92 Å². The van der Waals surface area contributed by atoms with Crippen LogP contribution in [0.5, 0.6) is 0 Å². The van der Waals surface area contributed by atoms with Crippen molar-refractivity contribution in [3.8, 4) is 0 Å². The lowest BCUT2D eigenvalue weighted by atomic mass is 9.98. The van der Waals surface area contributed by atoms with Gasteiger partial charge in [-0.05, 0) is 45.2 Å². The Kier molecular flexibility index (Phi) is 5.22. The molecule has 0 aromatic heterocycles. The van der Waals surface area contributed by atoms with Gasteiger partial charge in [-0.15, -0.1) is 0 Å². The van der Waals surface area contributed by atoms with Crippen molar-refractivity contribution in [2.45, 2.75) is 38.7 Å². The zero-order valence-corrected chi connectivity index (χ0v) is 10.6. The fraction of sp³-hybridized carbons (Fsp3) is 0.917. The number of ether oxygens (including phenoxy) is 1. The summed E-state index contributed by atoms with van der Waals surface area (Å²) in [5.74, 6) is 0.568. The molecule has 0 spiro atoms. The first-order valence-corrected chi connectivity index (χ1v) is 6.16. The van der Waals surface area contributed by atoms with Crippen molar-refractivity contribution < 1.29 is 9.53 Å². The average Bonchev–Trinajstić information content (AvgIpc) is 2.36. The van der Waals surface area contributed by atoms with Crippen molar-refractivity contribution in [3.63, 3.8) is 0 Å². The number of piperidine rings is 1. The third-order valence-electron chi connectivity index (χ3n) is 3.56. The molecule has 0 bridgehead atoms. The molecule has 0 radical (unpaired) electrons. The molecular formula is C12H24N2O2. The van der Waals surface area contributed by atoms with E-state index in [1.54, 1.807) is 7.11 Å². The molecule has 4 heteroatoms. The first kappa shape index (κ1) is 13.5. The van der Waals surface area contributed by atoms with Gasteiger partial charge in [0.1, 0.15) is 5.60 Å². The summed E-state index contributed by atoms with van der Waals surface area (Å²) in [6, 6.07) is 0. The summed E-state index contributed by atoms with van der Waals surface area (Å²) in [5, 5.41) is 6.33. The molecule has 1 aliphatic heterocycles. The van der Waals surface area contributed by atoms with Gasteiger partial charge >= 0.3 is 0 Å². The third-order valence-corrected chi connectivity index (χ3v) is 3.56. The monoisotopic (exact) mass is 228 g/mol. The second-order valence-electron chi connectivity index (χ2n) is 4.71. The van der Waals surface area contributed by atoms with Crippen molar-refractivity contribution in [1.82, 2.24) is 10.6 Å². The van der Waals surface area contributed by atoms with Crippen molar-refractivity contribution >= 4 is 5.91 Å². The molecule has 0 aromatic rings. The summed E-state index contributed by atoms with van der Waals surface area (Å²) in [6.07, 6.45) is 3.09. The smallest absolute Gasteiger partial charge is 0.251 e. The van der Waals surface area contributed by atoms with Gasteiger partial charge in [-0.3, -0.25) is 4.79 Å². The maximum atomic E-state index is 11.9. The lowest BCUT2D eigenvalue weighted by Crippen LogP contribution is -2.48. The highest BCUT2D eigenvalue weighted by molar-refractivity contribution is 5.84. The summed E-state index contributed by atoms with van der Waals surface area (Å²) in [4.78, 5) is 11.9. The highest BCUT2D eigenvalue weighted by Crippen LogP contribution is 2.14. The Bertz CT molecular complexity index is 221. The molecule has 0 saturated carbocycles. The van der Waals surface area contributed by atoms with Gasteiger partial charge in [0.15, 0.2) is 0 Å². The Morgan fingerprint density at radius 2 is 2.38 bits per heavy atom. The van der Waals surface area contributed by atoms with Gasteiger partial charge in [0.25, 0.3) is 5.91 Å². The van der Waals surface area contributed by atoms with E-state index in [1.807, 2.05) is 13.8 Å². The normalized spacial score (nSPS) is 24.8. The van der Waals surface area contributed by atoms with Gasteiger partial charge in [-0.25, -0.2) is 0 Å². The second-order valence-corrected chi connectivity index (χ2v) is 4.71. The first-order chi connectivity index (χ1) is 7.62. The molecule has 1 amide bonds. The minimum atomic E-state index is -0.678. The first-order valence-electron chi connectivity index (χ1n) is 6.16. The van der Waals surface area contributed by atoms with Crippen LogP contribution in [0.25, 0.3) is 0 Å². The third kappa shape index (κ3) is 3.46. The van der Waals surface area contributed by atoms with Crippen LogP contribution in [0.2, 0.25) is 0 Å². The van der Waals surface area contributed by atoms with Crippen LogP contribution in [-0.4, -0.2) is 38.3 Å². The summed E-state index contributed by atoms with van der Waals surface area (Å²) in [7, 11) is 1.59. The number of methoxy groups -OCH3 is 1. The Morgan fingerprint density at radius 3 is 2.88 bits per heavy atom. The number of hydrogen-bond acceptors (Lipinski definition) is 3. The van der Waals surface area contributed by atoms with Crippen molar-refractivity contribution in [1.29, 1.82) is 0 Å². The Balaban J connectivity index is 2.33. The number of nitrogens with one attached hydrogen (secondary N) is 2. The van der Waals surface area contributed by atoms with E-state index in [2.05, 4.69) is 10.6 Å². The summed E-state index contributed by atoms with van der Waals surface area (Å²) >= 11 is 0. The summed E-state index contributed by atoms with van der Waals surface area (Å²) in [6.45, 7) is 6.67. The minimum Gasteiger partial charge on any atom is -0.369 e. The fourth-order valence-electron chi connectivity index (χ4n) is 1.92. The van der Waals surface area contributed by atoms with Crippen LogP contribution >= 0.6 is 0 Å². The largest absolute Gasteiger partial charge is 0.369 e. The van der Waals surface area contributed by atoms with Gasteiger partial charge in [-0.2, -0.15) is 0 Å². The number of amides is 1. The van der Waals surface area contributed by atoms with E-state index in [0.717, 1.165) is 19.6 Å². The topological polar surface area (TPSA) is 50.4 Å². The van der Waals surface area contributed by atoms with E-state index < -0.39 is 5.60 Å². The van der Waals surface area contributed by atoms with Crippen LogP contribution in [0.3, 0.4) is 0 Å². The van der Waals surface area contributed by atoms with Crippen LogP contribution in [0, 0.1) is 5.92 Å². The SMILES string of the molecule is CCC(C)(OC)C(=O)NCC1CCCNC1. The molecule has 0 aliphatic carbocycles. The van der Waals surface area contributed by atoms with E-state index in [-0.39, 0.29) is 5.91 Å². The highest BCUT2D eigenvalue weighted by Gasteiger charge is 2.31. The molecule has 1 rings (SSSR count). The summed E-state index contributed by atoms with van der Waals surface area (Å²) in [5.41, 5.74) is -0.678. The van der Waals surface area contributed by atoms with Crippen molar-refractivity contribution in [2.24, 2.45) is 5.92 Å². The molecule has 94 valence electrons. The molecule has 1 aliphatic rings. The van der Waals surface area contributed by atoms with E-state index in [4.69, 9.17) is 4.74 Å². The lowest BCUT2D eigenvalue weighted by molar-refractivity contribution is -0.142. The Labute approximate surface area is 98.1 Å². The van der Waals surface area contributed by atoms with E-state index in [0.29, 0.717) is 12.3 Å². The summed E-state index contributed by atoms with van der Waals surface area (Å²) < 4.78 is 5.26. The lowest BCUT2D eigenvalue weighted by Gasteiger charge is -2.28. The van der Waals surface area contributed by atoms with Gasteiger partial charge in [0.2, 0.25) is 0 Å². The predicted molar refractivity (Wildman–Crippen MR) is 64.3 cm³/mol. The standard InChI is InChI=1S/C12H24N2O2/c1-4-12(2,16-3)11(15)14-9-10-6-5-7-13-8-10/h10,13H,4-9H2,1-3H3,(H,14,15). The van der Waals surface area contributed by atoms with E-state index >= 15 is 0 Å². The maximum Gasteiger partial charge on any atom is 0.251 e. The Hall–Kier alpha value is -0.610. The van der Waals surface area contributed by atoms with Crippen LogP contribution in [0.1, 0.15) is 33.1 Å². The molecule has 16 heavy (non-hydrogen) atoms. The molecular weight excluding hydrogens is 204 g/mol. The minimum absolute atomic E-state index is 0.00285. The molecule has 2 atom stereocenters. The fourth-order valence-corrected chi connectivity index (χ4v) is 1.92. The molecule has 1 heterocycles. The van der Waals surface area contributed by atoms with Crippen molar-refractivity contribution in [2.75, 3.05) is 26.7 Å². The van der Waals surface area contributed by atoms with Gasteiger partial charge < -0.3 is 15.4 Å². The number of carbonyl (C=O) groups is 1. The molecule has 0 aromatic carbocycles. The quantitative estimate of drug-likeness (QED) is 0.735. The molecule has 2 N–H and O–H groups in total. The van der Waals surface area contributed by atoms with Crippen LogP contribution in [0.4, 0.5) is 0 Å². The van der Waals surface area contributed by atoms with E-state index in [9.17, 15) is 4.79 Å². The molecule has 2 unspecified atom stereocenters. The second kappa shape index (κ2) is 6.21. The predicted octanol–water partition coefficient (Wildman–Crippen LogP) is 0.917. The number of rotatable bonds is 5.